The molecule has 0 unspecified atom stereocenters. The highest BCUT2D eigenvalue weighted by Gasteiger charge is 2.29. The van der Waals surface area contributed by atoms with Gasteiger partial charge in [-0.1, -0.05) is 78.4 Å². The molecule has 8 heteroatoms. The van der Waals surface area contributed by atoms with Crippen LogP contribution in [-0.2, 0) is 16.6 Å². The maximum absolute atomic E-state index is 13.7. The smallest absolute Gasteiger partial charge is 0.253 e. The van der Waals surface area contributed by atoms with E-state index in [1.807, 2.05) is 30.9 Å². The van der Waals surface area contributed by atoms with Crippen molar-refractivity contribution in [3.63, 3.8) is 0 Å². The molecular formula is C35H39N3O4S. The summed E-state index contributed by atoms with van der Waals surface area (Å²) in [4.78, 5) is 18.3. The first-order chi connectivity index (χ1) is 20.8. The second kappa shape index (κ2) is 13.5. The zero-order chi connectivity index (χ0) is 30.4. The van der Waals surface area contributed by atoms with E-state index in [0.29, 0.717) is 36.6 Å². The van der Waals surface area contributed by atoms with Crippen LogP contribution in [0.5, 0.6) is 5.75 Å². The highest BCUT2D eigenvalue weighted by molar-refractivity contribution is 7.89. The van der Waals surface area contributed by atoms with Gasteiger partial charge >= 0.3 is 0 Å². The zero-order valence-corrected chi connectivity index (χ0v) is 25.8. The quantitative estimate of drug-likeness (QED) is 0.233. The Kier molecular flexibility index (Phi) is 9.60. The Balaban J connectivity index is 1.32. The van der Waals surface area contributed by atoms with Crippen LogP contribution in [-0.4, -0.2) is 68.3 Å². The average Bonchev–Trinajstić information content (AvgIpc) is 3.03. The minimum atomic E-state index is -3.72. The highest BCUT2D eigenvalue weighted by atomic mass is 32.2. The maximum atomic E-state index is 13.7. The number of nitrogens with zero attached hydrogens (tertiary/aromatic N) is 3. The van der Waals surface area contributed by atoms with Crippen LogP contribution in [0.4, 0.5) is 0 Å². The van der Waals surface area contributed by atoms with Gasteiger partial charge in [0.15, 0.2) is 0 Å². The summed E-state index contributed by atoms with van der Waals surface area (Å²) in [5.41, 5.74) is 4.63. The molecule has 0 bridgehead atoms. The number of carbonyl (C=O) groups excluding carboxylic acids is 1. The standard InChI is InChI=1S/C35H39N3O4S/c1-4-42-33-20-17-30(25-31(33)26-36(3)43(40,41)32-18-15-27(2)16-19-32)35(39)38-23-21-37(22-24-38)34(28-11-7-5-8-12-28)29-13-9-6-10-14-29/h5-20,25,34H,4,21-24,26H2,1-3H3. The van der Waals surface area contributed by atoms with Crippen molar-refractivity contribution in [2.45, 2.75) is 31.3 Å². The number of hydrogen-bond acceptors (Lipinski definition) is 5. The molecule has 0 saturated carbocycles. The number of ether oxygens (including phenoxy) is 1. The van der Waals surface area contributed by atoms with Crippen LogP contribution in [0.1, 0.15) is 45.6 Å². The molecule has 1 amide bonds. The molecule has 1 fully saturated rings. The van der Waals surface area contributed by atoms with E-state index < -0.39 is 10.0 Å². The molecule has 7 nitrogen and oxygen atoms in total. The first-order valence-corrected chi connectivity index (χ1v) is 16.1. The summed E-state index contributed by atoms with van der Waals surface area (Å²) in [6.45, 7) is 6.98. The van der Waals surface area contributed by atoms with Crippen molar-refractivity contribution < 1.29 is 17.9 Å². The summed E-state index contributed by atoms with van der Waals surface area (Å²) in [7, 11) is -2.17. The molecule has 1 aliphatic heterocycles. The molecule has 1 saturated heterocycles. The highest BCUT2D eigenvalue weighted by Crippen LogP contribution is 2.30. The normalized spacial score (nSPS) is 14.3. The fourth-order valence-electron chi connectivity index (χ4n) is 5.60. The molecule has 0 spiro atoms. The molecule has 1 aliphatic rings. The van der Waals surface area contributed by atoms with E-state index in [9.17, 15) is 13.2 Å². The molecule has 5 rings (SSSR count). The third kappa shape index (κ3) is 6.99. The van der Waals surface area contributed by atoms with Crippen molar-refractivity contribution >= 4 is 15.9 Å². The Morgan fingerprint density at radius 2 is 1.42 bits per heavy atom. The van der Waals surface area contributed by atoms with Gasteiger partial charge in [0.1, 0.15) is 5.75 Å². The fraction of sp³-hybridized carbons (Fsp3) is 0.286. The van der Waals surface area contributed by atoms with E-state index in [0.717, 1.165) is 18.7 Å². The predicted octanol–water partition coefficient (Wildman–Crippen LogP) is 5.76. The minimum Gasteiger partial charge on any atom is -0.494 e. The van der Waals surface area contributed by atoms with Gasteiger partial charge in [-0.25, -0.2) is 8.42 Å². The van der Waals surface area contributed by atoms with Crippen LogP contribution in [0.15, 0.2) is 108 Å². The lowest BCUT2D eigenvalue weighted by atomic mass is 9.96. The van der Waals surface area contributed by atoms with Gasteiger partial charge < -0.3 is 9.64 Å². The molecule has 1 heterocycles. The number of amides is 1. The molecule has 4 aromatic rings. The van der Waals surface area contributed by atoms with E-state index in [-0.39, 0.29) is 23.4 Å². The number of piperazine rings is 1. The van der Waals surface area contributed by atoms with Crippen molar-refractivity contribution in [1.29, 1.82) is 0 Å². The van der Waals surface area contributed by atoms with Gasteiger partial charge in [0.25, 0.3) is 5.91 Å². The molecule has 224 valence electrons. The van der Waals surface area contributed by atoms with Gasteiger partial charge in [-0.05, 0) is 55.3 Å². The molecule has 0 radical (unpaired) electrons. The van der Waals surface area contributed by atoms with Crippen molar-refractivity contribution in [1.82, 2.24) is 14.1 Å². The Hall–Kier alpha value is -3.98. The van der Waals surface area contributed by atoms with Crippen LogP contribution in [0.2, 0.25) is 0 Å². The third-order valence-electron chi connectivity index (χ3n) is 7.93. The summed E-state index contributed by atoms with van der Waals surface area (Å²) >= 11 is 0. The van der Waals surface area contributed by atoms with E-state index in [1.165, 1.54) is 15.4 Å². The summed E-state index contributed by atoms with van der Waals surface area (Å²) < 4.78 is 33.7. The molecule has 4 aromatic carbocycles. The average molecular weight is 598 g/mol. The fourth-order valence-corrected chi connectivity index (χ4v) is 6.75. The van der Waals surface area contributed by atoms with Crippen molar-refractivity contribution in [2.75, 3.05) is 39.8 Å². The number of aryl methyl sites for hydroxylation is 1. The molecule has 0 aliphatic carbocycles. The van der Waals surface area contributed by atoms with Gasteiger partial charge in [0.05, 0.1) is 17.5 Å². The summed E-state index contributed by atoms with van der Waals surface area (Å²) in [5.74, 6) is 0.507. The number of sulfonamides is 1. The summed E-state index contributed by atoms with van der Waals surface area (Å²) in [6, 6.07) is 33.2. The largest absolute Gasteiger partial charge is 0.494 e. The Bertz CT molecular complexity index is 1580. The second-order valence-corrected chi connectivity index (χ2v) is 12.9. The van der Waals surface area contributed by atoms with Gasteiger partial charge in [-0.2, -0.15) is 4.31 Å². The van der Waals surface area contributed by atoms with Gasteiger partial charge in [0.2, 0.25) is 10.0 Å². The molecule has 0 aromatic heterocycles. The van der Waals surface area contributed by atoms with Crippen LogP contribution in [0.25, 0.3) is 0 Å². The van der Waals surface area contributed by atoms with E-state index >= 15 is 0 Å². The Morgan fingerprint density at radius 3 is 1.98 bits per heavy atom. The molecule has 0 atom stereocenters. The van der Waals surface area contributed by atoms with Crippen LogP contribution in [0, 0.1) is 6.92 Å². The Labute approximate surface area is 255 Å². The lowest BCUT2D eigenvalue weighted by Crippen LogP contribution is -2.49. The van der Waals surface area contributed by atoms with Gasteiger partial charge in [-0.3, -0.25) is 9.69 Å². The molecule has 43 heavy (non-hydrogen) atoms. The topological polar surface area (TPSA) is 70.2 Å². The minimum absolute atomic E-state index is 0.0658. The molecule has 0 N–H and O–H groups in total. The first-order valence-electron chi connectivity index (χ1n) is 14.7. The number of hydrogen-bond donors (Lipinski definition) is 0. The van der Waals surface area contributed by atoms with Crippen LogP contribution < -0.4 is 4.74 Å². The maximum Gasteiger partial charge on any atom is 0.253 e. The van der Waals surface area contributed by atoms with E-state index in [4.69, 9.17) is 4.74 Å². The van der Waals surface area contributed by atoms with Crippen molar-refractivity contribution in [2.24, 2.45) is 0 Å². The SMILES string of the molecule is CCOc1ccc(C(=O)N2CCN(C(c3ccccc3)c3ccccc3)CC2)cc1CN(C)S(=O)(=O)c1ccc(C)cc1. The monoisotopic (exact) mass is 597 g/mol. The number of benzene rings is 4. The first kappa shape index (κ1) is 30.5. The van der Waals surface area contributed by atoms with Gasteiger partial charge in [-0.15, -0.1) is 0 Å². The van der Waals surface area contributed by atoms with Crippen molar-refractivity contribution in [3.8, 4) is 5.75 Å². The van der Waals surface area contributed by atoms with E-state index in [2.05, 4.69) is 53.4 Å². The number of rotatable bonds is 10. The van der Waals surface area contributed by atoms with E-state index in [1.54, 1.807) is 49.5 Å². The second-order valence-electron chi connectivity index (χ2n) is 10.9. The van der Waals surface area contributed by atoms with Crippen LogP contribution in [0.3, 0.4) is 0 Å². The van der Waals surface area contributed by atoms with Gasteiger partial charge in [0, 0.05) is 50.9 Å². The predicted molar refractivity (Wildman–Crippen MR) is 170 cm³/mol. The lowest BCUT2D eigenvalue weighted by Gasteiger charge is -2.40. The summed E-state index contributed by atoms with van der Waals surface area (Å²) in [5, 5.41) is 0. The lowest BCUT2D eigenvalue weighted by molar-refractivity contribution is 0.0597. The Morgan fingerprint density at radius 1 is 0.837 bits per heavy atom. The number of carbonyl (C=O) groups is 1. The molecular weight excluding hydrogens is 558 g/mol. The zero-order valence-electron chi connectivity index (χ0n) is 25.0. The van der Waals surface area contributed by atoms with Crippen LogP contribution >= 0.6 is 0 Å². The summed E-state index contributed by atoms with van der Waals surface area (Å²) in [6.07, 6.45) is 0. The van der Waals surface area contributed by atoms with Crippen molar-refractivity contribution in [3.05, 3.63) is 131 Å². The third-order valence-corrected chi connectivity index (χ3v) is 9.74.